The van der Waals surface area contributed by atoms with Crippen molar-refractivity contribution in [3.05, 3.63) is 100 Å². The van der Waals surface area contributed by atoms with Crippen LogP contribution < -0.4 is 45.2 Å². The summed E-state index contributed by atoms with van der Waals surface area (Å²) >= 11 is 11.7. The Morgan fingerprint density at radius 3 is 2.11 bits per heavy atom. The molecule has 2 fully saturated rings. The van der Waals surface area contributed by atoms with Crippen LogP contribution in [0.5, 0.6) is 0 Å². The van der Waals surface area contributed by atoms with Gasteiger partial charge in [-0.2, -0.15) is 0 Å². The van der Waals surface area contributed by atoms with E-state index in [4.69, 9.17) is 11.6 Å². The molecule has 342 valence electrons. The Balaban J connectivity index is 0.00000282. The number of carboxylic acids is 1. The second-order valence-electron chi connectivity index (χ2n) is 15.8. The average Bonchev–Trinajstić information content (AvgIpc) is 3.68. The zero-order valence-corrected chi connectivity index (χ0v) is 41.9. The van der Waals surface area contributed by atoms with E-state index in [1.807, 2.05) is 0 Å². The molecular formula is C44H52ClFI3N6O8-. The molecule has 1 aliphatic heterocycles. The van der Waals surface area contributed by atoms with Crippen molar-refractivity contribution >= 4 is 95.9 Å². The summed E-state index contributed by atoms with van der Waals surface area (Å²) in [6.45, 7) is 1.75. The van der Waals surface area contributed by atoms with Crippen molar-refractivity contribution < 1.29 is 56.3 Å². The number of carboxylic acid groups (broad SMARTS) is 1. The van der Waals surface area contributed by atoms with Gasteiger partial charge >= 0.3 is 56.5 Å². The molecule has 0 radical (unpaired) electrons. The van der Waals surface area contributed by atoms with Crippen molar-refractivity contribution in [1.29, 1.82) is 0 Å². The molecule has 6 amide bonds. The normalized spacial score (nSPS) is 20.3. The van der Waals surface area contributed by atoms with Crippen molar-refractivity contribution in [2.24, 2.45) is 5.41 Å². The number of aliphatic carboxylic acids is 1. The van der Waals surface area contributed by atoms with E-state index in [1.54, 1.807) is 48.5 Å². The van der Waals surface area contributed by atoms with E-state index in [9.17, 15) is 43.1 Å². The predicted octanol–water partition coefficient (Wildman–Crippen LogP) is 2.91. The molecule has 1 saturated carbocycles. The second kappa shape index (κ2) is 26.4. The number of benzene rings is 3. The molecule has 63 heavy (non-hydrogen) atoms. The third-order valence-corrected chi connectivity index (χ3v) is 11.3. The summed E-state index contributed by atoms with van der Waals surface area (Å²) < 4.78 is 13.4. The van der Waals surface area contributed by atoms with Gasteiger partial charge in [0.05, 0.1) is 6.42 Å². The molecule has 19 heteroatoms. The first kappa shape index (κ1) is 52.0. The average molecular weight is 1230 g/mol. The third kappa shape index (κ3) is 17.7. The van der Waals surface area contributed by atoms with Gasteiger partial charge < -0.3 is 37.0 Å². The molecule has 7 N–H and O–H groups in total. The molecule has 3 aromatic carbocycles. The first-order valence-corrected chi connectivity index (χ1v) is 33.5. The molecule has 1 heterocycles. The summed E-state index contributed by atoms with van der Waals surface area (Å²) in [5, 5.41) is 26.6. The van der Waals surface area contributed by atoms with Gasteiger partial charge in [0.25, 0.3) is 0 Å². The molecule has 0 unspecified atom stereocenters. The van der Waals surface area contributed by atoms with Gasteiger partial charge in [-0.25, -0.2) is 9.18 Å². The Hall–Kier alpha value is -3.64. The van der Waals surface area contributed by atoms with Gasteiger partial charge in [-0.15, -0.1) is 0 Å². The van der Waals surface area contributed by atoms with E-state index < -0.39 is 76.8 Å². The number of anilines is 1. The molecule has 5 rings (SSSR count). The van der Waals surface area contributed by atoms with Crippen molar-refractivity contribution in [1.82, 2.24) is 26.6 Å². The fraction of sp³-hybridized carbons (Fsp3) is 0.432. The summed E-state index contributed by atoms with van der Waals surface area (Å²) in [5.41, 5.74) is 1.49. The van der Waals surface area contributed by atoms with Crippen LogP contribution in [0.25, 0.3) is 0 Å². The van der Waals surface area contributed by atoms with E-state index in [-0.39, 0.29) is 45.1 Å². The minimum absolute atomic E-state index is 0.0164. The summed E-state index contributed by atoms with van der Waals surface area (Å²) in [7, 11) is 0. The maximum absolute atomic E-state index is 13.7. The Morgan fingerprint density at radius 1 is 0.857 bits per heavy atom. The van der Waals surface area contributed by atoms with Crippen molar-refractivity contribution in [2.75, 3.05) is 11.9 Å². The fourth-order valence-electron chi connectivity index (χ4n) is 7.71. The quantitative estimate of drug-likeness (QED) is 0.150. The van der Waals surface area contributed by atoms with Crippen LogP contribution in [0.3, 0.4) is 0 Å². The van der Waals surface area contributed by atoms with E-state index in [1.165, 1.54) is 31.2 Å². The number of hydrogen-bond acceptors (Lipinski definition) is 7. The van der Waals surface area contributed by atoms with E-state index in [0.717, 1.165) is 12.8 Å². The van der Waals surface area contributed by atoms with Crippen LogP contribution in [0.2, 0.25) is 5.02 Å². The first-order chi connectivity index (χ1) is 30.1. The van der Waals surface area contributed by atoms with Crippen LogP contribution in [0.4, 0.5) is 10.1 Å². The summed E-state index contributed by atoms with van der Waals surface area (Å²) in [6, 6.07) is 14.8. The molecular weight excluding hydrogens is 1180 g/mol. The zero-order valence-electron chi connectivity index (χ0n) is 34.6. The standard InChI is InChI=1S/C44H52ClFN6O8.I3/c1-27-40(56)47-21-7-4-10-34(43(59)60)50-38(54)25-44(19-5-6-20-44)26-39(55)52-35(41(57)48-27)22-28-13-17-32(18-14-28)49-42(58)36(24-30-8-2-3-9-33(30)45)51-37(53)23-29-11-15-31(46)16-12-29;1-3-2/h2-3,8-9,11-18,27,34-36H,4-7,10,19-26H2,1H3,(H,47,56)(H,48,57)(H,49,58)(H,50,54)(H,51,53)(H,52,55)(H,59,60);/q;-1/t27-,34+,35-,36+;/m1./s1. The molecule has 1 spiro atoms. The summed E-state index contributed by atoms with van der Waals surface area (Å²) in [4.78, 5) is 92.1. The number of halogens is 5. The van der Waals surface area contributed by atoms with Gasteiger partial charge in [0.1, 0.15) is 30.0 Å². The summed E-state index contributed by atoms with van der Waals surface area (Å²) in [6.07, 6.45) is 3.76. The number of nitrogens with one attached hydrogen (secondary N) is 6. The zero-order chi connectivity index (χ0) is 45.9. The topological polar surface area (TPSA) is 212 Å². The monoisotopic (exact) mass is 1230 g/mol. The molecule has 0 aromatic heterocycles. The van der Waals surface area contributed by atoms with Crippen LogP contribution in [0.1, 0.15) is 81.4 Å². The molecule has 1 saturated heterocycles. The Bertz CT molecular complexity index is 2060. The Kier molecular flexibility index (Phi) is 21.7. The van der Waals surface area contributed by atoms with Gasteiger partial charge in [-0.05, 0) is 91.5 Å². The van der Waals surface area contributed by atoms with E-state index in [2.05, 4.69) is 69.1 Å². The maximum atomic E-state index is 13.7. The number of amides is 6. The molecule has 4 atom stereocenters. The van der Waals surface area contributed by atoms with E-state index in [0.29, 0.717) is 66.3 Å². The Labute approximate surface area is 401 Å². The van der Waals surface area contributed by atoms with Crippen LogP contribution in [0, 0.1) is 11.2 Å². The van der Waals surface area contributed by atoms with Crippen LogP contribution in [-0.2, 0) is 52.8 Å². The van der Waals surface area contributed by atoms with Gasteiger partial charge in [0, 0.05) is 42.9 Å². The van der Waals surface area contributed by atoms with Crippen molar-refractivity contribution in [3.63, 3.8) is 0 Å². The molecule has 3 aromatic rings. The summed E-state index contributed by atoms with van der Waals surface area (Å²) in [5.74, 6) is -4.54. The van der Waals surface area contributed by atoms with Crippen LogP contribution in [0.15, 0.2) is 72.8 Å². The van der Waals surface area contributed by atoms with Gasteiger partial charge in [-0.3, -0.25) is 28.8 Å². The number of rotatable bonds is 10. The SMILES string of the molecule is C[C@H]1NC(=O)[C@@H](Cc2ccc(NC(=O)[C@H](Cc3ccccc3Cl)NC(=O)Cc3ccc(F)cc3)cc2)NC(=O)CC2(CCCC2)CC(=O)N[C@H](C(=O)O)CCCCNC1=O.I[I-]I. The molecule has 14 nitrogen and oxygen atoms in total. The molecule has 1 aliphatic carbocycles. The minimum atomic E-state index is -1.16. The van der Waals surface area contributed by atoms with Crippen molar-refractivity contribution in [3.8, 4) is 0 Å². The Morgan fingerprint density at radius 2 is 1.48 bits per heavy atom. The van der Waals surface area contributed by atoms with Crippen LogP contribution >= 0.6 is 48.8 Å². The number of carbonyl (C=O) groups is 7. The van der Waals surface area contributed by atoms with Crippen molar-refractivity contribution in [2.45, 2.75) is 108 Å². The molecule has 2 aliphatic rings. The van der Waals surface area contributed by atoms with Gasteiger partial charge in [0.15, 0.2) is 0 Å². The van der Waals surface area contributed by atoms with E-state index >= 15 is 0 Å². The second-order valence-corrected chi connectivity index (χ2v) is 32.5. The van der Waals surface area contributed by atoms with Gasteiger partial charge in [-0.1, -0.05) is 66.9 Å². The van der Waals surface area contributed by atoms with Crippen LogP contribution in [-0.4, -0.2) is 77.2 Å². The third-order valence-electron chi connectivity index (χ3n) is 11.0. The number of carbonyl (C=O) groups excluding carboxylic acids is 6. The van der Waals surface area contributed by atoms with Gasteiger partial charge in [0.2, 0.25) is 35.4 Å². The fourth-order valence-corrected chi connectivity index (χ4v) is 7.93. The molecule has 0 bridgehead atoms. The first-order valence-electron chi connectivity index (χ1n) is 20.5. The number of hydrogen-bond donors (Lipinski definition) is 7. The predicted molar refractivity (Wildman–Crippen MR) is 250 cm³/mol.